The van der Waals surface area contributed by atoms with Gasteiger partial charge in [-0.2, -0.15) is 0 Å². The molecule has 116 valence electrons. The van der Waals surface area contributed by atoms with Crippen LogP contribution in [-0.2, 0) is 4.74 Å². The average Bonchev–Trinajstić information content (AvgIpc) is 2.43. The van der Waals surface area contributed by atoms with Gasteiger partial charge in [-0.15, -0.1) is 24.0 Å². The SMILES string of the molecule is CC1CN(C(N)=NC2CC(c3ccccc3)C2)CCO1.I. The number of aliphatic imine (C=N–C) groups is 1. The highest BCUT2D eigenvalue weighted by Gasteiger charge is 2.30. The standard InChI is InChI=1S/C16H23N3O.HI/c1-12-11-19(7-8-20-12)16(17)18-15-9-14(10-15)13-5-3-2-4-6-13;/h2-6,12,14-15H,7-11H2,1H3,(H2,17,18);1H. The van der Waals surface area contributed by atoms with Crippen molar-refractivity contribution in [1.82, 2.24) is 4.90 Å². The molecule has 0 aromatic heterocycles. The third kappa shape index (κ3) is 4.10. The molecular formula is C16H24IN3O. The maximum atomic E-state index is 6.13. The van der Waals surface area contributed by atoms with Crippen LogP contribution in [0.5, 0.6) is 0 Å². The molecule has 0 bridgehead atoms. The van der Waals surface area contributed by atoms with Gasteiger partial charge < -0.3 is 15.4 Å². The van der Waals surface area contributed by atoms with Crippen LogP contribution in [0.3, 0.4) is 0 Å². The number of hydrogen-bond donors (Lipinski definition) is 1. The number of nitrogens with zero attached hydrogens (tertiary/aromatic N) is 2. The zero-order valence-electron chi connectivity index (χ0n) is 12.4. The van der Waals surface area contributed by atoms with Crippen LogP contribution >= 0.6 is 24.0 Å². The maximum Gasteiger partial charge on any atom is 0.191 e. The second kappa shape index (κ2) is 7.45. The molecule has 1 aliphatic carbocycles. The summed E-state index contributed by atoms with van der Waals surface area (Å²) in [7, 11) is 0. The Labute approximate surface area is 143 Å². The van der Waals surface area contributed by atoms with Crippen LogP contribution in [0.25, 0.3) is 0 Å². The Morgan fingerprint density at radius 2 is 2.00 bits per heavy atom. The zero-order chi connectivity index (χ0) is 13.9. The number of ether oxygens (including phenoxy) is 1. The van der Waals surface area contributed by atoms with E-state index in [0.29, 0.717) is 17.9 Å². The van der Waals surface area contributed by atoms with E-state index < -0.39 is 0 Å². The van der Waals surface area contributed by atoms with Gasteiger partial charge >= 0.3 is 0 Å². The van der Waals surface area contributed by atoms with E-state index >= 15 is 0 Å². The summed E-state index contributed by atoms with van der Waals surface area (Å²) in [6, 6.07) is 11.1. The van der Waals surface area contributed by atoms with Crippen molar-refractivity contribution >= 4 is 29.9 Å². The third-order valence-electron chi connectivity index (χ3n) is 4.26. The topological polar surface area (TPSA) is 50.8 Å². The van der Waals surface area contributed by atoms with Gasteiger partial charge in [0.15, 0.2) is 5.96 Å². The monoisotopic (exact) mass is 401 g/mol. The number of rotatable bonds is 2. The van der Waals surface area contributed by atoms with E-state index in [-0.39, 0.29) is 30.1 Å². The molecule has 3 rings (SSSR count). The number of nitrogens with two attached hydrogens (primary N) is 1. The van der Waals surface area contributed by atoms with Crippen molar-refractivity contribution in [2.24, 2.45) is 10.7 Å². The first-order valence-corrected chi connectivity index (χ1v) is 7.47. The molecule has 2 fully saturated rings. The molecule has 0 amide bonds. The fraction of sp³-hybridized carbons (Fsp3) is 0.562. The highest BCUT2D eigenvalue weighted by molar-refractivity contribution is 14.0. The summed E-state index contributed by atoms with van der Waals surface area (Å²) in [4.78, 5) is 6.82. The second-order valence-corrected chi connectivity index (χ2v) is 5.85. The van der Waals surface area contributed by atoms with Gasteiger partial charge in [-0.3, -0.25) is 0 Å². The Bertz CT molecular complexity index is 474. The Balaban J connectivity index is 0.00000161. The number of benzene rings is 1. The number of morpholine rings is 1. The number of halogens is 1. The van der Waals surface area contributed by atoms with Crippen LogP contribution in [0.4, 0.5) is 0 Å². The predicted molar refractivity (Wildman–Crippen MR) is 96.2 cm³/mol. The van der Waals surface area contributed by atoms with E-state index in [1.54, 1.807) is 0 Å². The zero-order valence-corrected chi connectivity index (χ0v) is 14.8. The van der Waals surface area contributed by atoms with Gasteiger partial charge in [0, 0.05) is 13.1 Å². The molecule has 2 N–H and O–H groups in total. The molecule has 1 saturated carbocycles. The molecule has 1 saturated heterocycles. The first-order chi connectivity index (χ1) is 9.72. The summed E-state index contributed by atoms with van der Waals surface area (Å²) in [5, 5.41) is 0. The minimum Gasteiger partial charge on any atom is -0.375 e. The van der Waals surface area contributed by atoms with Crippen molar-refractivity contribution in [3.05, 3.63) is 35.9 Å². The lowest BCUT2D eigenvalue weighted by molar-refractivity contribution is 0.00512. The quantitative estimate of drug-likeness (QED) is 0.471. The van der Waals surface area contributed by atoms with Crippen molar-refractivity contribution < 1.29 is 4.74 Å². The van der Waals surface area contributed by atoms with Crippen LogP contribution in [0, 0.1) is 0 Å². The van der Waals surface area contributed by atoms with Crippen LogP contribution in [0.15, 0.2) is 35.3 Å². The van der Waals surface area contributed by atoms with E-state index in [0.717, 1.165) is 32.5 Å². The van der Waals surface area contributed by atoms with Gasteiger partial charge in [0.05, 0.1) is 18.8 Å². The number of hydrogen-bond acceptors (Lipinski definition) is 2. The molecule has 1 aliphatic heterocycles. The maximum absolute atomic E-state index is 6.13. The van der Waals surface area contributed by atoms with E-state index in [4.69, 9.17) is 10.5 Å². The summed E-state index contributed by atoms with van der Waals surface area (Å²) in [5.74, 6) is 1.35. The first-order valence-electron chi connectivity index (χ1n) is 7.47. The Morgan fingerprint density at radius 1 is 1.29 bits per heavy atom. The molecule has 0 spiro atoms. The van der Waals surface area contributed by atoms with Gasteiger partial charge in [-0.1, -0.05) is 30.3 Å². The molecule has 2 aliphatic rings. The van der Waals surface area contributed by atoms with Crippen LogP contribution in [-0.4, -0.2) is 42.7 Å². The Kier molecular flexibility index (Phi) is 5.87. The highest BCUT2D eigenvalue weighted by Crippen LogP contribution is 2.38. The van der Waals surface area contributed by atoms with Crippen LogP contribution in [0.1, 0.15) is 31.2 Å². The van der Waals surface area contributed by atoms with Gasteiger partial charge in [0.2, 0.25) is 0 Å². The van der Waals surface area contributed by atoms with Gasteiger partial charge in [0.25, 0.3) is 0 Å². The van der Waals surface area contributed by atoms with Gasteiger partial charge in [-0.25, -0.2) is 4.99 Å². The number of guanidine groups is 1. The highest BCUT2D eigenvalue weighted by atomic mass is 127. The Morgan fingerprint density at radius 3 is 2.67 bits per heavy atom. The molecule has 5 heteroatoms. The molecule has 21 heavy (non-hydrogen) atoms. The molecular weight excluding hydrogens is 377 g/mol. The fourth-order valence-corrected chi connectivity index (χ4v) is 2.99. The smallest absolute Gasteiger partial charge is 0.191 e. The van der Waals surface area contributed by atoms with E-state index in [9.17, 15) is 0 Å². The van der Waals surface area contributed by atoms with Crippen molar-refractivity contribution in [2.75, 3.05) is 19.7 Å². The molecule has 4 nitrogen and oxygen atoms in total. The summed E-state index contributed by atoms with van der Waals surface area (Å²) in [6.45, 7) is 4.53. The molecule has 1 heterocycles. The lowest BCUT2D eigenvalue weighted by Gasteiger charge is -2.36. The molecule has 1 aromatic rings. The van der Waals surface area contributed by atoms with Crippen molar-refractivity contribution in [3.8, 4) is 0 Å². The molecule has 1 atom stereocenters. The van der Waals surface area contributed by atoms with E-state index in [1.165, 1.54) is 5.56 Å². The summed E-state index contributed by atoms with van der Waals surface area (Å²) in [5.41, 5.74) is 7.55. The fourth-order valence-electron chi connectivity index (χ4n) is 2.99. The van der Waals surface area contributed by atoms with Crippen molar-refractivity contribution in [3.63, 3.8) is 0 Å². The average molecular weight is 401 g/mol. The minimum absolute atomic E-state index is 0. The minimum atomic E-state index is 0. The molecule has 1 unspecified atom stereocenters. The summed E-state index contributed by atoms with van der Waals surface area (Å²) < 4.78 is 5.53. The normalized spacial score (nSPS) is 29.5. The second-order valence-electron chi connectivity index (χ2n) is 5.85. The summed E-state index contributed by atoms with van der Waals surface area (Å²) >= 11 is 0. The lowest BCUT2D eigenvalue weighted by atomic mass is 9.76. The largest absolute Gasteiger partial charge is 0.375 e. The Hall–Kier alpha value is -0.820. The van der Waals surface area contributed by atoms with E-state index in [2.05, 4.69) is 47.1 Å². The lowest BCUT2D eigenvalue weighted by Crippen LogP contribution is -2.48. The first kappa shape index (κ1) is 16.5. The van der Waals surface area contributed by atoms with Gasteiger partial charge in [-0.05, 0) is 31.2 Å². The predicted octanol–water partition coefficient (Wildman–Crippen LogP) is 2.59. The molecule has 0 radical (unpaired) electrons. The van der Waals surface area contributed by atoms with Crippen molar-refractivity contribution in [1.29, 1.82) is 0 Å². The van der Waals surface area contributed by atoms with Gasteiger partial charge in [0.1, 0.15) is 0 Å². The molecule has 1 aromatic carbocycles. The third-order valence-corrected chi connectivity index (χ3v) is 4.26. The van der Waals surface area contributed by atoms with E-state index in [1.807, 2.05) is 0 Å². The summed E-state index contributed by atoms with van der Waals surface area (Å²) in [6.07, 6.45) is 2.48. The van der Waals surface area contributed by atoms with Crippen molar-refractivity contribution in [2.45, 2.75) is 37.8 Å². The van der Waals surface area contributed by atoms with Crippen LogP contribution < -0.4 is 5.73 Å². The van der Waals surface area contributed by atoms with Crippen LogP contribution in [0.2, 0.25) is 0 Å².